The highest BCUT2D eigenvalue weighted by molar-refractivity contribution is 6.38. The summed E-state index contributed by atoms with van der Waals surface area (Å²) in [6.45, 7) is 0. The largest absolute Gasteiger partial charge is 0.505 e. The van der Waals surface area contributed by atoms with E-state index in [2.05, 4.69) is 9.55 Å². The van der Waals surface area contributed by atoms with Crippen LogP contribution in [0.15, 0.2) is 30.6 Å². The van der Waals surface area contributed by atoms with Crippen LogP contribution < -0.4 is 0 Å². The summed E-state index contributed by atoms with van der Waals surface area (Å²) in [5.41, 5.74) is 3.03. The number of aryl methyl sites for hydroxylation is 1. The molecule has 1 fully saturated rings. The van der Waals surface area contributed by atoms with Gasteiger partial charge in [0, 0.05) is 29.9 Å². The van der Waals surface area contributed by atoms with E-state index in [1.54, 1.807) is 12.4 Å². The van der Waals surface area contributed by atoms with Gasteiger partial charge in [0.1, 0.15) is 0 Å². The second-order valence-corrected chi connectivity index (χ2v) is 7.27. The Balaban J connectivity index is 1.95. The lowest BCUT2D eigenvalue weighted by Gasteiger charge is -2.27. The Morgan fingerprint density at radius 3 is 2.56 bits per heavy atom. The molecule has 4 rings (SSSR count). The number of ketones is 1. The Hall–Kier alpha value is -2.04. The van der Waals surface area contributed by atoms with Gasteiger partial charge in [-0.15, -0.1) is 0 Å². The van der Waals surface area contributed by atoms with Crippen molar-refractivity contribution in [3.05, 3.63) is 57.5 Å². The van der Waals surface area contributed by atoms with Crippen LogP contribution in [-0.2, 0) is 7.05 Å². The first-order valence-electron chi connectivity index (χ1n) is 8.14. The Morgan fingerprint density at radius 2 is 1.96 bits per heavy atom. The molecule has 6 heteroatoms. The van der Waals surface area contributed by atoms with Gasteiger partial charge in [0.25, 0.3) is 0 Å². The highest BCUT2D eigenvalue weighted by Gasteiger charge is 2.31. The molecule has 0 bridgehead atoms. The van der Waals surface area contributed by atoms with Crippen molar-refractivity contribution in [1.29, 1.82) is 0 Å². The summed E-state index contributed by atoms with van der Waals surface area (Å²) >= 11 is 12.0. The molecule has 2 heterocycles. The lowest BCUT2D eigenvalue weighted by Crippen LogP contribution is -2.16. The van der Waals surface area contributed by atoms with E-state index >= 15 is 0 Å². The van der Waals surface area contributed by atoms with Crippen molar-refractivity contribution in [3.63, 3.8) is 0 Å². The molecule has 4 nitrogen and oxygen atoms in total. The number of pyridine rings is 1. The summed E-state index contributed by atoms with van der Waals surface area (Å²) in [6.07, 6.45) is 6.81. The summed E-state index contributed by atoms with van der Waals surface area (Å²) in [4.78, 5) is 17.5. The van der Waals surface area contributed by atoms with Gasteiger partial charge in [-0.05, 0) is 37.0 Å². The number of hydrogen-bond donors (Lipinski definition) is 1. The molecule has 0 aliphatic heterocycles. The second-order valence-electron chi connectivity index (χ2n) is 6.46. The van der Waals surface area contributed by atoms with Crippen LogP contribution in [0.25, 0.3) is 10.9 Å². The molecule has 25 heavy (non-hydrogen) atoms. The normalized spacial score (nSPS) is 14.7. The van der Waals surface area contributed by atoms with Crippen molar-refractivity contribution in [2.24, 2.45) is 7.05 Å². The molecule has 0 saturated heterocycles. The van der Waals surface area contributed by atoms with Gasteiger partial charge in [-0.2, -0.15) is 0 Å². The number of aromatic nitrogens is 2. The fourth-order valence-corrected chi connectivity index (χ4v) is 4.03. The van der Waals surface area contributed by atoms with E-state index in [0.717, 1.165) is 29.4 Å². The number of halogens is 2. The van der Waals surface area contributed by atoms with Gasteiger partial charge in [0.2, 0.25) is 0 Å². The van der Waals surface area contributed by atoms with Gasteiger partial charge < -0.3 is 9.67 Å². The van der Waals surface area contributed by atoms with Gasteiger partial charge in [-0.25, -0.2) is 0 Å². The fourth-order valence-electron chi connectivity index (χ4n) is 3.54. The Labute approximate surface area is 155 Å². The molecule has 0 unspecified atom stereocenters. The number of benzene rings is 1. The Kier molecular flexibility index (Phi) is 3.97. The molecule has 128 valence electrons. The number of hydrogen-bond acceptors (Lipinski definition) is 3. The van der Waals surface area contributed by atoms with Crippen LogP contribution in [0.4, 0.5) is 0 Å². The number of phenols is 1. The topological polar surface area (TPSA) is 55.1 Å². The van der Waals surface area contributed by atoms with E-state index in [0.29, 0.717) is 17.0 Å². The van der Waals surface area contributed by atoms with Crippen LogP contribution in [0.2, 0.25) is 10.0 Å². The summed E-state index contributed by atoms with van der Waals surface area (Å²) in [7, 11) is 1.98. The Morgan fingerprint density at radius 1 is 1.28 bits per heavy atom. The summed E-state index contributed by atoms with van der Waals surface area (Å²) in [6, 6.07) is 4.81. The summed E-state index contributed by atoms with van der Waals surface area (Å²) in [5, 5.41) is 10.8. The maximum absolute atomic E-state index is 13.3. The number of phenolic OH excluding ortho intramolecular Hbond substituents is 1. The maximum atomic E-state index is 13.3. The molecule has 0 spiro atoms. The molecular weight excluding hydrogens is 359 g/mol. The lowest BCUT2D eigenvalue weighted by atomic mass is 9.80. The Bertz CT molecular complexity index is 983. The van der Waals surface area contributed by atoms with E-state index < -0.39 is 0 Å². The third kappa shape index (κ3) is 2.52. The first-order chi connectivity index (χ1) is 12.0. The first-order valence-corrected chi connectivity index (χ1v) is 8.89. The van der Waals surface area contributed by atoms with Crippen LogP contribution >= 0.6 is 23.2 Å². The zero-order valence-corrected chi connectivity index (χ0v) is 15.1. The monoisotopic (exact) mass is 374 g/mol. The molecule has 1 aliphatic rings. The third-order valence-corrected chi connectivity index (χ3v) is 5.62. The smallest absolute Gasteiger partial charge is 0.195 e. The molecule has 1 aromatic carbocycles. The second kappa shape index (κ2) is 6.04. The molecule has 1 saturated carbocycles. The summed E-state index contributed by atoms with van der Waals surface area (Å²) in [5.74, 6) is 0.0307. The van der Waals surface area contributed by atoms with Crippen molar-refractivity contribution in [2.75, 3.05) is 0 Å². The minimum Gasteiger partial charge on any atom is -0.505 e. The number of rotatable bonds is 3. The zero-order valence-electron chi connectivity index (χ0n) is 13.6. The van der Waals surface area contributed by atoms with Gasteiger partial charge in [-0.1, -0.05) is 29.6 Å². The molecule has 0 amide bonds. The van der Waals surface area contributed by atoms with E-state index in [-0.39, 0.29) is 21.6 Å². The number of carbonyl (C=O) groups excluding carboxylic acids is 1. The number of nitrogens with zero attached hydrogens (tertiary/aromatic N) is 2. The van der Waals surface area contributed by atoms with Gasteiger partial charge in [0.05, 0.1) is 27.3 Å². The predicted molar refractivity (Wildman–Crippen MR) is 98.9 cm³/mol. The molecule has 1 aliphatic carbocycles. The zero-order chi connectivity index (χ0) is 17.7. The number of fused-ring (bicyclic) bond motifs is 1. The molecule has 2 aromatic heterocycles. The minimum atomic E-state index is -0.207. The van der Waals surface area contributed by atoms with Crippen molar-refractivity contribution >= 4 is 39.9 Å². The predicted octanol–water partition coefficient (Wildman–Crippen LogP) is 5.08. The quantitative estimate of drug-likeness (QED) is 0.650. The molecule has 0 radical (unpaired) electrons. The molecular formula is C19H16Cl2N2O2. The maximum Gasteiger partial charge on any atom is 0.195 e. The molecule has 1 N–H and O–H groups in total. The highest BCUT2D eigenvalue weighted by atomic mass is 35.5. The highest BCUT2D eigenvalue weighted by Crippen LogP contribution is 2.42. The standard InChI is InChI=1S/C19H16Cl2N2O2/c1-23-15-9-22-6-5-12(15)16(17(23)10-3-2-4-10)18(24)11-7-13(20)19(25)14(21)8-11/h5-10,25H,2-4H2,1H3. The van der Waals surface area contributed by atoms with Crippen LogP contribution in [0.1, 0.15) is 46.8 Å². The summed E-state index contributed by atoms with van der Waals surface area (Å²) < 4.78 is 2.07. The van der Waals surface area contributed by atoms with Crippen LogP contribution in [0.3, 0.4) is 0 Å². The SMILES string of the molecule is Cn1c(C2CCC2)c(C(=O)c2cc(Cl)c(O)c(Cl)c2)c2ccncc21. The van der Waals surface area contributed by atoms with Crippen molar-refractivity contribution in [3.8, 4) is 5.75 Å². The third-order valence-electron chi connectivity index (χ3n) is 5.05. The van der Waals surface area contributed by atoms with Crippen molar-refractivity contribution in [1.82, 2.24) is 9.55 Å². The first kappa shape index (κ1) is 16.4. The fraction of sp³-hybridized carbons (Fsp3) is 0.263. The van der Waals surface area contributed by atoms with E-state index in [1.807, 2.05) is 13.1 Å². The number of aromatic hydroxyl groups is 1. The van der Waals surface area contributed by atoms with Gasteiger partial charge in [-0.3, -0.25) is 9.78 Å². The van der Waals surface area contributed by atoms with Crippen LogP contribution in [0.5, 0.6) is 5.75 Å². The van der Waals surface area contributed by atoms with Gasteiger partial charge >= 0.3 is 0 Å². The van der Waals surface area contributed by atoms with Crippen molar-refractivity contribution < 1.29 is 9.90 Å². The number of carbonyl (C=O) groups is 1. The van der Waals surface area contributed by atoms with E-state index in [9.17, 15) is 9.90 Å². The van der Waals surface area contributed by atoms with E-state index in [4.69, 9.17) is 23.2 Å². The lowest BCUT2D eigenvalue weighted by molar-refractivity contribution is 0.103. The average Bonchev–Trinajstić information content (AvgIpc) is 2.83. The van der Waals surface area contributed by atoms with Crippen LogP contribution in [-0.4, -0.2) is 20.4 Å². The van der Waals surface area contributed by atoms with Gasteiger partial charge in [0.15, 0.2) is 11.5 Å². The van der Waals surface area contributed by atoms with Crippen molar-refractivity contribution in [2.45, 2.75) is 25.2 Å². The molecule has 3 aromatic rings. The van der Waals surface area contributed by atoms with E-state index in [1.165, 1.54) is 18.6 Å². The molecule has 0 atom stereocenters. The average molecular weight is 375 g/mol. The minimum absolute atomic E-state index is 0.0722. The van der Waals surface area contributed by atoms with Crippen LogP contribution in [0, 0.1) is 0 Å².